The van der Waals surface area contributed by atoms with Crippen molar-refractivity contribution in [1.82, 2.24) is 25.3 Å². The molecule has 0 spiro atoms. The van der Waals surface area contributed by atoms with Crippen LogP contribution in [0.3, 0.4) is 0 Å². The number of aromatic nitrogens is 3. The van der Waals surface area contributed by atoms with Crippen LogP contribution in [-0.2, 0) is 15.9 Å². The molecule has 11 nitrogen and oxygen atoms in total. The minimum atomic E-state index is -0.662. The Labute approximate surface area is 245 Å². The smallest absolute Gasteiger partial charge is 0.410 e. The number of rotatable bonds is 11. The number of ether oxygens (including phenoxy) is 3. The summed E-state index contributed by atoms with van der Waals surface area (Å²) in [6, 6.07) is 5.10. The van der Waals surface area contributed by atoms with Crippen molar-refractivity contribution < 1.29 is 28.6 Å². The molecule has 41 heavy (non-hydrogen) atoms. The van der Waals surface area contributed by atoms with Gasteiger partial charge in [0.2, 0.25) is 0 Å². The number of morpholine rings is 1. The third-order valence-electron chi connectivity index (χ3n) is 7.02. The molecule has 2 aromatic heterocycles. The van der Waals surface area contributed by atoms with Crippen LogP contribution in [0.15, 0.2) is 22.7 Å². The van der Waals surface area contributed by atoms with Crippen molar-refractivity contribution in [2.24, 2.45) is 0 Å². The van der Waals surface area contributed by atoms with Gasteiger partial charge in [-0.3, -0.25) is 0 Å². The predicted molar refractivity (Wildman–Crippen MR) is 154 cm³/mol. The molecule has 0 bridgehead atoms. The summed E-state index contributed by atoms with van der Waals surface area (Å²) >= 11 is 6.66. The molecule has 0 saturated carbocycles. The van der Waals surface area contributed by atoms with Crippen molar-refractivity contribution in [3.8, 4) is 28.4 Å². The first-order valence-corrected chi connectivity index (χ1v) is 14.2. The summed E-state index contributed by atoms with van der Waals surface area (Å²) < 4.78 is 22.3. The molecule has 3 aromatic rings. The number of likely N-dealkylation sites (N-methyl/N-ethyl adjacent to an activating group) is 1. The number of nitrogens with zero attached hydrogens (tertiary/aromatic N) is 4. The van der Waals surface area contributed by atoms with E-state index in [1.54, 1.807) is 37.1 Å². The van der Waals surface area contributed by atoms with E-state index in [1.807, 2.05) is 20.8 Å². The fourth-order valence-corrected chi connectivity index (χ4v) is 5.09. The van der Waals surface area contributed by atoms with Gasteiger partial charge < -0.3 is 34.1 Å². The number of benzene rings is 1. The molecule has 1 aliphatic rings. The minimum absolute atomic E-state index is 0.118. The highest BCUT2D eigenvalue weighted by atomic mass is 35.5. The van der Waals surface area contributed by atoms with E-state index in [9.17, 15) is 9.90 Å². The maximum Gasteiger partial charge on any atom is 0.410 e. The summed E-state index contributed by atoms with van der Waals surface area (Å²) in [6.45, 7) is 9.73. The fraction of sp³-hybridized carbons (Fsp3) is 0.517. The van der Waals surface area contributed by atoms with E-state index in [0.717, 1.165) is 22.5 Å². The summed E-state index contributed by atoms with van der Waals surface area (Å²) in [7, 11) is 1.77. The Bertz CT molecular complexity index is 1330. The van der Waals surface area contributed by atoms with Crippen LogP contribution in [0, 0.1) is 20.8 Å². The number of aliphatic hydroxyl groups excluding tert-OH is 1. The van der Waals surface area contributed by atoms with Crippen LogP contribution in [0.2, 0.25) is 5.02 Å². The Morgan fingerprint density at radius 3 is 2.80 bits per heavy atom. The topological polar surface area (TPSA) is 132 Å². The Morgan fingerprint density at radius 2 is 2.10 bits per heavy atom. The second kappa shape index (κ2) is 14.1. The van der Waals surface area contributed by atoms with Gasteiger partial charge in [0, 0.05) is 24.3 Å². The highest BCUT2D eigenvalue weighted by Crippen LogP contribution is 2.35. The lowest BCUT2D eigenvalue weighted by Gasteiger charge is -2.34. The molecule has 1 aliphatic heterocycles. The number of aliphatic hydroxyl groups is 1. The number of carbonyl (C=O) groups excluding carboxylic acids is 1. The number of aryl methyl sites for hydroxylation is 3. The van der Waals surface area contributed by atoms with E-state index >= 15 is 0 Å². The summed E-state index contributed by atoms with van der Waals surface area (Å²) in [6.07, 6.45) is 0.189. The SMILES string of the molecule is CCOC(=O)N1CCOC[C@H]1CCc1nc(-c2cc(OC[C@H](O)CNC)ccc2Cl)nc(-c2c(C)noc2C)c1C. The fourth-order valence-electron chi connectivity index (χ4n) is 4.89. The molecule has 1 fully saturated rings. The van der Waals surface area contributed by atoms with Crippen LogP contribution < -0.4 is 10.1 Å². The minimum Gasteiger partial charge on any atom is -0.491 e. The number of hydrogen-bond donors (Lipinski definition) is 2. The van der Waals surface area contributed by atoms with Gasteiger partial charge in [-0.25, -0.2) is 14.8 Å². The normalized spacial score (nSPS) is 16.1. The monoisotopic (exact) mass is 587 g/mol. The Kier molecular flexibility index (Phi) is 10.5. The molecule has 4 rings (SSSR count). The van der Waals surface area contributed by atoms with Crippen LogP contribution >= 0.6 is 11.6 Å². The van der Waals surface area contributed by atoms with Gasteiger partial charge in [-0.15, -0.1) is 0 Å². The molecular weight excluding hydrogens is 550 g/mol. The maximum absolute atomic E-state index is 12.6. The van der Waals surface area contributed by atoms with E-state index < -0.39 is 6.10 Å². The van der Waals surface area contributed by atoms with E-state index in [4.69, 9.17) is 40.3 Å². The first-order valence-electron chi connectivity index (χ1n) is 13.8. The lowest BCUT2D eigenvalue weighted by atomic mass is 9.99. The molecule has 0 radical (unpaired) electrons. The lowest BCUT2D eigenvalue weighted by molar-refractivity contribution is -0.0103. The molecule has 1 amide bonds. The van der Waals surface area contributed by atoms with Crippen LogP contribution in [0.4, 0.5) is 4.79 Å². The first-order chi connectivity index (χ1) is 19.7. The van der Waals surface area contributed by atoms with Gasteiger partial charge in [-0.05, 0) is 71.3 Å². The molecule has 2 N–H and O–H groups in total. The summed E-state index contributed by atoms with van der Waals surface area (Å²) in [5.41, 5.74) is 4.52. The molecular formula is C29H38ClN5O6. The van der Waals surface area contributed by atoms with Crippen molar-refractivity contribution in [3.05, 3.63) is 45.9 Å². The van der Waals surface area contributed by atoms with Gasteiger partial charge in [-0.2, -0.15) is 0 Å². The Hall–Kier alpha value is -3.25. The van der Waals surface area contributed by atoms with Crippen LogP contribution in [0.25, 0.3) is 22.6 Å². The molecule has 3 heterocycles. The average Bonchev–Trinajstić information content (AvgIpc) is 3.29. The number of halogens is 1. The maximum atomic E-state index is 12.6. The number of amides is 1. The molecule has 0 aliphatic carbocycles. The molecule has 0 unspecified atom stereocenters. The van der Waals surface area contributed by atoms with Gasteiger partial charge in [0.25, 0.3) is 0 Å². The van der Waals surface area contributed by atoms with Gasteiger partial charge in [0.15, 0.2) is 5.82 Å². The third kappa shape index (κ3) is 7.34. The lowest BCUT2D eigenvalue weighted by Crippen LogP contribution is -2.49. The van der Waals surface area contributed by atoms with Gasteiger partial charge in [-0.1, -0.05) is 16.8 Å². The van der Waals surface area contributed by atoms with Gasteiger partial charge >= 0.3 is 6.09 Å². The van der Waals surface area contributed by atoms with E-state index in [0.29, 0.717) is 79.4 Å². The zero-order valence-corrected chi connectivity index (χ0v) is 25.0. The molecule has 1 aromatic carbocycles. The second-order valence-electron chi connectivity index (χ2n) is 9.99. The number of nitrogens with one attached hydrogen (secondary N) is 1. The molecule has 1 saturated heterocycles. The van der Waals surface area contributed by atoms with Crippen molar-refractivity contribution in [3.63, 3.8) is 0 Å². The van der Waals surface area contributed by atoms with Gasteiger partial charge in [0.05, 0.1) is 47.8 Å². The molecule has 12 heteroatoms. The summed E-state index contributed by atoms with van der Waals surface area (Å²) in [5, 5.41) is 17.6. The predicted octanol–water partition coefficient (Wildman–Crippen LogP) is 4.13. The Morgan fingerprint density at radius 1 is 1.29 bits per heavy atom. The van der Waals surface area contributed by atoms with E-state index in [2.05, 4.69) is 10.5 Å². The summed E-state index contributed by atoms with van der Waals surface area (Å²) in [4.78, 5) is 24.2. The highest BCUT2D eigenvalue weighted by molar-refractivity contribution is 6.33. The standard InChI is InChI=1S/C29H38ClN5O6/c1-6-39-29(37)35-11-12-38-15-20(35)7-10-25-17(2)27(26-18(3)34-41-19(26)4)33-28(32-25)23-13-22(8-9-24(23)30)40-16-21(36)14-31-5/h8-9,13,20-21,31,36H,6-7,10-12,14-16H2,1-5H3/t20-,21-/m1/s1. The number of hydrogen-bond acceptors (Lipinski definition) is 10. The largest absolute Gasteiger partial charge is 0.491 e. The van der Waals surface area contributed by atoms with Crippen molar-refractivity contribution in [2.75, 3.05) is 46.6 Å². The van der Waals surface area contributed by atoms with Crippen LogP contribution in [0.1, 0.15) is 36.1 Å². The van der Waals surface area contributed by atoms with Crippen LogP contribution in [0.5, 0.6) is 5.75 Å². The average molecular weight is 588 g/mol. The summed E-state index contributed by atoms with van der Waals surface area (Å²) in [5.74, 6) is 1.61. The molecule has 222 valence electrons. The zero-order chi connectivity index (χ0) is 29.5. The zero-order valence-electron chi connectivity index (χ0n) is 24.2. The quantitative estimate of drug-likeness (QED) is 0.337. The van der Waals surface area contributed by atoms with Crippen molar-refractivity contribution >= 4 is 17.7 Å². The van der Waals surface area contributed by atoms with Gasteiger partial charge in [0.1, 0.15) is 24.2 Å². The number of carbonyl (C=O) groups is 1. The third-order valence-corrected chi connectivity index (χ3v) is 7.35. The first kappa shape index (κ1) is 30.7. The second-order valence-corrected chi connectivity index (χ2v) is 10.4. The highest BCUT2D eigenvalue weighted by Gasteiger charge is 2.29. The van der Waals surface area contributed by atoms with E-state index in [1.165, 1.54) is 0 Å². The Balaban J connectivity index is 1.70. The van der Waals surface area contributed by atoms with E-state index in [-0.39, 0.29) is 18.7 Å². The van der Waals surface area contributed by atoms with Crippen LogP contribution in [-0.4, -0.2) is 89.9 Å². The van der Waals surface area contributed by atoms with Crippen molar-refractivity contribution in [2.45, 2.75) is 52.7 Å². The molecule has 2 atom stereocenters. The van der Waals surface area contributed by atoms with Crippen molar-refractivity contribution in [1.29, 1.82) is 0 Å².